The standard InChI is InChI=1S/C11H13N3O2/c1-13(2)6-14-9-4-3-7(12)5-8(9)10(15)11(14)16/h3-5H,6,12H2,1-2H3. The monoisotopic (exact) mass is 219 g/mol. The summed E-state index contributed by atoms with van der Waals surface area (Å²) in [5.74, 6) is -0.974. The summed E-state index contributed by atoms with van der Waals surface area (Å²) in [6, 6.07) is 4.94. The quantitative estimate of drug-likeness (QED) is 0.574. The first-order valence-corrected chi connectivity index (χ1v) is 4.91. The predicted octanol–water partition coefficient (Wildman–Crippen LogP) is 0.317. The molecule has 0 atom stereocenters. The van der Waals surface area contributed by atoms with E-state index in [1.807, 2.05) is 19.0 Å². The average Bonchev–Trinajstić information content (AvgIpc) is 2.43. The van der Waals surface area contributed by atoms with Crippen molar-refractivity contribution < 1.29 is 9.59 Å². The third-order valence-electron chi connectivity index (χ3n) is 2.42. The first-order chi connectivity index (χ1) is 7.50. The number of hydrogen-bond donors (Lipinski definition) is 1. The molecule has 1 aromatic rings. The van der Waals surface area contributed by atoms with Crippen LogP contribution in [-0.4, -0.2) is 37.4 Å². The number of ketones is 1. The summed E-state index contributed by atoms with van der Waals surface area (Å²) in [6.07, 6.45) is 0. The fourth-order valence-corrected chi connectivity index (χ4v) is 1.74. The van der Waals surface area contributed by atoms with E-state index in [-0.39, 0.29) is 0 Å². The topological polar surface area (TPSA) is 66.6 Å². The molecule has 2 rings (SSSR count). The molecular formula is C11H13N3O2. The fourth-order valence-electron chi connectivity index (χ4n) is 1.74. The van der Waals surface area contributed by atoms with E-state index in [4.69, 9.17) is 5.73 Å². The van der Waals surface area contributed by atoms with Gasteiger partial charge in [-0.15, -0.1) is 0 Å². The average molecular weight is 219 g/mol. The van der Waals surface area contributed by atoms with Crippen molar-refractivity contribution in [1.29, 1.82) is 0 Å². The zero-order valence-electron chi connectivity index (χ0n) is 9.23. The maximum atomic E-state index is 11.7. The number of carbonyl (C=O) groups excluding carboxylic acids is 2. The molecule has 1 aromatic carbocycles. The van der Waals surface area contributed by atoms with Crippen LogP contribution in [0.15, 0.2) is 18.2 Å². The van der Waals surface area contributed by atoms with Gasteiger partial charge in [0.15, 0.2) is 0 Å². The number of nitrogen functional groups attached to an aromatic ring is 1. The van der Waals surface area contributed by atoms with E-state index in [9.17, 15) is 9.59 Å². The Bertz CT molecular complexity index is 468. The van der Waals surface area contributed by atoms with E-state index in [1.165, 1.54) is 4.90 Å². The zero-order valence-corrected chi connectivity index (χ0v) is 9.23. The SMILES string of the molecule is CN(C)CN1C(=O)C(=O)c2cc(N)ccc21. The molecule has 0 bridgehead atoms. The molecule has 1 aliphatic rings. The highest BCUT2D eigenvalue weighted by molar-refractivity contribution is 6.52. The normalized spacial score (nSPS) is 14.8. The number of anilines is 2. The molecule has 0 unspecified atom stereocenters. The number of Topliss-reactive ketones (excluding diaryl/α,β-unsaturated/α-hetero) is 1. The van der Waals surface area contributed by atoms with Crippen molar-refractivity contribution in [2.24, 2.45) is 0 Å². The molecule has 0 radical (unpaired) electrons. The fraction of sp³-hybridized carbons (Fsp3) is 0.273. The third-order valence-corrected chi connectivity index (χ3v) is 2.42. The Kier molecular flexibility index (Phi) is 2.40. The highest BCUT2D eigenvalue weighted by atomic mass is 16.2. The van der Waals surface area contributed by atoms with Gasteiger partial charge in [0.05, 0.1) is 17.9 Å². The summed E-state index contributed by atoms with van der Waals surface area (Å²) in [5, 5.41) is 0. The Balaban J connectivity index is 2.46. The van der Waals surface area contributed by atoms with Gasteiger partial charge in [-0.05, 0) is 32.3 Å². The van der Waals surface area contributed by atoms with Gasteiger partial charge in [0.25, 0.3) is 5.78 Å². The molecule has 16 heavy (non-hydrogen) atoms. The van der Waals surface area contributed by atoms with Crippen LogP contribution in [0, 0.1) is 0 Å². The Hall–Kier alpha value is -1.88. The number of nitrogens with zero attached hydrogens (tertiary/aromatic N) is 2. The number of amides is 1. The minimum Gasteiger partial charge on any atom is -0.399 e. The molecule has 0 fully saturated rings. The molecule has 2 N–H and O–H groups in total. The van der Waals surface area contributed by atoms with E-state index >= 15 is 0 Å². The van der Waals surface area contributed by atoms with Crippen LogP contribution in [0.3, 0.4) is 0 Å². The minimum atomic E-state index is -0.491. The highest BCUT2D eigenvalue weighted by Crippen LogP contribution is 2.30. The molecule has 0 aliphatic carbocycles. The van der Waals surface area contributed by atoms with Gasteiger partial charge in [-0.25, -0.2) is 0 Å². The maximum absolute atomic E-state index is 11.7. The number of nitrogens with two attached hydrogens (primary N) is 1. The summed E-state index contributed by atoms with van der Waals surface area (Å²) in [7, 11) is 3.68. The lowest BCUT2D eigenvalue weighted by molar-refractivity contribution is -0.114. The summed E-state index contributed by atoms with van der Waals surface area (Å²) in [6.45, 7) is 0.390. The second kappa shape index (κ2) is 3.61. The summed E-state index contributed by atoms with van der Waals surface area (Å²) in [4.78, 5) is 26.7. The van der Waals surface area contributed by atoms with Gasteiger partial charge in [-0.3, -0.25) is 19.4 Å². The lowest BCUT2D eigenvalue weighted by atomic mass is 10.1. The Morgan fingerprint density at radius 2 is 2.00 bits per heavy atom. The molecule has 0 spiro atoms. The highest BCUT2D eigenvalue weighted by Gasteiger charge is 2.35. The van der Waals surface area contributed by atoms with E-state index < -0.39 is 11.7 Å². The van der Waals surface area contributed by atoms with Crippen molar-refractivity contribution in [1.82, 2.24) is 4.90 Å². The number of rotatable bonds is 2. The lowest BCUT2D eigenvalue weighted by Crippen LogP contribution is -2.37. The Morgan fingerprint density at radius 3 is 2.62 bits per heavy atom. The van der Waals surface area contributed by atoms with Crippen molar-refractivity contribution >= 4 is 23.1 Å². The number of benzene rings is 1. The van der Waals surface area contributed by atoms with Gasteiger partial charge in [0, 0.05) is 5.69 Å². The van der Waals surface area contributed by atoms with Gasteiger partial charge in [-0.1, -0.05) is 0 Å². The van der Waals surface area contributed by atoms with Crippen molar-refractivity contribution in [2.45, 2.75) is 0 Å². The van der Waals surface area contributed by atoms with Gasteiger partial charge in [0.1, 0.15) is 0 Å². The van der Waals surface area contributed by atoms with E-state index in [2.05, 4.69) is 0 Å². The van der Waals surface area contributed by atoms with Gasteiger partial charge in [0.2, 0.25) is 0 Å². The number of hydrogen-bond acceptors (Lipinski definition) is 4. The smallest absolute Gasteiger partial charge is 0.300 e. The minimum absolute atomic E-state index is 0.390. The molecule has 5 nitrogen and oxygen atoms in total. The molecule has 1 heterocycles. The van der Waals surface area contributed by atoms with E-state index in [0.29, 0.717) is 23.6 Å². The maximum Gasteiger partial charge on any atom is 0.300 e. The van der Waals surface area contributed by atoms with Crippen LogP contribution >= 0.6 is 0 Å². The molecule has 0 aromatic heterocycles. The second-order valence-corrected chi connectivity index (χ2v) is 4.06. The van der Waals surface area contributed by atoms with Crippen molar-refractivity contribution in [2.75, 3.05) is 31.4 Å². The summed E-state index contributed by atoms with van der Waals surface area (Å²) < 4.78 is 0. The largest absolute Gasteiger partial charge is 0.399 e. The van der Waals surface area contributed by atoms with Gasteiger partial charge < -0.3 is 5.73 Å². The first kappa shape index (κ1) is 10.6. The Labute approximate surface area is 93.4 Å². The van der Waals surface area contributed by atoms with Crippen molar-refractivity contribution in [3.63, 3.8) is 0 Å². The van der Waals surface area contributed by atoms with Gasteiger partial charge in [-0.2, -0.15) is 0 Å². The molecule has 1 amide bonds. The van der Waals surface area contributed by atoms with E-state index in [0.717, 1.165) is 0 Å². The lowest BCUT2D eigenvalue weighted by Gasteiger charge is -2.20. The van der Waals surface area contributed by atoms with Crippen LogP contribution in [0.4, 0.5) is 11.4 Å². The predicted molar refractivity (Wildman–Crippen MR) is 61.2 cm³/mol. The third kappa shape index (κ3) is 1.55. The van der Waals surface area contributed by atoms with Crippen LogP contribution in [0.5, 0.6) is 0 Å². The van der Waals surface area contributed by atoms with Crippen molar-refractivity contribution in [3.05, 3.63) is 23.8 Å². The van der Waals surface area contributed by atoms with Crippen LogP contribution in [0.1, 0.15) is 10.4 Å². The number of fused-ring (bicyclic) bond motifs is 1. The van der Waals surface area contributed by atoms with Crippen molar-refractivity contribution in [3.8, 4) is 0 Å². The molecule has 1 aliphatic heterocycles. The molecular weight excluding hydrogens is 206 g/mol. The van der Waals surface area contributed by atoms with Gasteiger partial charge >= 0.3 is 5.91 Å². The second-order valence-electron chi connectivity index (χ2n) is 4.06. The molecule has 0 saturated heterocycles. The molecule has 5 heteroatoms. The summed E-state index contributed by atoms with van der Waals surface area (Å²) in [5.41, 5.74) is 7.12. The molecule has 84 valence electrons. The van der Waals surface area contributed by atoms with Crippen LogP contribution in [0.25, 0.3) is 0 Å². The van der Waals surface area contributed by atoms with Crippen LogP contribution in [-0.2, 0) is 4.79 Å². The Morgan fingerprint density at radius 1 is 1.31 bits per heavy atom. The van der Waals surface area contributed by atoms with Crippen LogP contribution in [0.2, 0.25) is 0 Å². The van der Waals surface area contributed by atoms with Crippen LogP contribution < -0.4 is 10.6 Å². The summed E-state index contributed by atoms with van der Waals surface area (Å²) >= 11 is 0. The number of carbonyl (C=O) groups is 2. The first-order valence-electron chi connectivity index (χ1n) is 4.91. The van der Waals surface area contributed by atoms with E-state index in [1.54, 1.807) is 18.2 Å². The molecule has 0 saturated carbocycles. The zero-order chi connectivity index (χ0) is 11.9.